The summed E-state index contributed by atoms with van der Waals surface area (Å²) in [5, 5.41) is 11.0. The third kappa shape index (κ3) is 2.36. The number of para-hydroxylation sites is 1. The second kappa shape index (κ2) is 5.17. The lowest BCUT2D eigenvalue weighted by molar-refractivity contribution is -0.385. The number of nitro groups is 1. The lowest BCUT2D eigenvalue weighted by Crippen LogP contribution is -1.95. The van der Waals surface area contributed by atoms with Gasteiger partial charge >= 0.3 is 5.69 Å². The molecule has 7 heteroatoms. The highest BCUT2D eigenvalue weighted by atomic mass is 79.9. The van der Waals surface area contributed by atoms with E-state index in [1.165, 1.54) is 13.2 Å². The monoisotopic (exact) mass is 348 g/mol. The second-order valence-electron chi connectivity index (χ2n) is 4.25. The number of oxazole rings is 1. The van der Waals surface area contributed by atoms with Crippen LogP contribution in [0.15, 0.2) is 45.3 Å². The molecule has 6 nitrogen and oxygen atoms in total. The molecule has 3 aromatic rings. The van der Waals surface area contributed by atoms with E-state index in [9.17, 15) is 10.1 Å². The van der Waals surface area contributed by atoms with E-state index in [0.29, 0.717) is 16.7 Å². The van der Waals surface area contributed by atoms with E-state index in [4.69, 9.17) is 9.15 Å². The van der Waals surface area contributed by atoms with Gasteiger partial charge in [0.05, 0.1) is 17.6 Å². The summed E-state index contributed by atoms with van der Waals surface area (Å²) in [7, 11) is 1.38. The maximum absolute atomic E-state index is 11.0. The Balaban J connectivity index is 2.22. The number of hydrogen-bond acceptors (Lipinski definition) is 5. The van der Waals surface area contributed by atoms with E-state index >= 15 is 0 Å². The fourth-order valence-electron chi connectivity index (χ4n) is 2.07. The van der Waals surface area contributed by atoms with Gasteiger partial charge in [0.1, 0.15) is 5.52 Å². The lowest BCUT2D eigenvalue weighted by atomic mass is 10.1. The van der Waals surface area contributed by atoms with Gasteiger partial charge in [0.25, 0.3) is 0 Å². The number of benzene rings is 2. The first-order chi connectivity index (χ1) is 10.1. The Kier molecular flexibility index (Phi) is 3.34. The topological polar surface area (TPSA) is 78.4 Å². The molecule has 1 aromatic heterocycles. The van der Waals surface area contributed by atoms with Crippen molar-refractivity contribution in [1.82, 2.24) is 4.98 Å². The van der Waals surface area contributed by atoms with E-state index in [1.807, 2.05) is 12.1 Å². The predicted octanol–water partition coefficient (Wildman–Crippen LogP) is 4.17. The Morgan fingerprint density at radius 2 is 2.14 bits per heavy atom. The molecule has 0 bridgehead atoms. The third-order valence-electron chi connectivity index (χ3n) is 2.98. The van der Waals surface area contributed by atoms with Crippen molar-refractivity contribution in [2.24, 2.45) is 0 Å². The minimum atomic E-state index is -0.498. The van der Waals surface area contributed by atoms with E-state index < -0.39 is 4.92 Å². The number of ether oxygens (including phenoxy) is 1. The van der Waals surface area contributed by atoms with Gasteiger partial charge in [0.2, 0.25) is 11.6 Å². The van der Waals surface area contributed by atoms with E-state index in [0.717, 1.165) is 4.47 Å². The highest BCUT2D eigenvalue weighted by Crippen LogP contribution is 2.38. The maximum atomic E-state index is 11.0. The first-order valence-corrected chi connectivity index (χ1v) is 6.77. The van der Waals surface area contributed by atoms with Gasteiger partial charge in [0.15, 0.2) is 5.58 Å². The lowest BCUT2D eigenvalue weighted by Gasteiger charge is -2.05. The maximum Gasteiger partial charge on any atom is 0.311 e. The van der Waals surface area contributed by atoms with Crippen LogP contribution in [0.4, 0.5) is 5.69 Å². The van der Waals surface area contributed by atoms with Gasteiger partial charge in [-0.05, 0) is 24.3 Å². The van der Waals surface area contributed by atoms with Crippen LogP contribution in [0.2, 0.25) is 0 Å². The molecule has 0 unspecified atom stereocenters. The highest BCUT2D eigenvalue weighted by Gasteiger charge is 2.22. The predicted molar refractivity (Wildman–Crippen MR) is 80.4 cm³/mol. The fraction of sp³-hybridized carbons (Fsp3) is 0.0714. The smallest absolute Gasteiger partial charge is 0.311 e. The van der Waals surface area contributed by atoms with Crippen molar-refractivity contribution in [1.29, 1.82) is 0 Å². The molecule has 0 spiro atoms. The molecule has 0 aliphatic rings. The first-order valence-electron chi connectivity index (χ1n) is 5.98. The van der Waals surface area contributed by atoms with Crippen LogP contribution in [0.3, 0.4) is 0 Å². The van der Waals surface area contributed by atoms with Crippen LogP contribution in [0.5, 0.6) is 5.75 Å². The molecule has 0 saturated heterocycles. The Morgan fingerprint density at radius 3 is 2.86 bits per heavy atom. The molecule has 0 radical (unpaired) electrons. The van der Waals surface area contributed by atoms with Crippen LogP contribution >= 0.6 is 15.9 Å². The summed E-state index contributed by atoms with van der Waals surface area (Å²) in [6.07, 6.45) is 0. The number of methoxy groups -OCH3 is 1. The average molecular weight is 349 g/mol. The van der Waals surface area contributed by atoms with Crippen LogP contribution in [0.1, 0.15) is 0 Å². The summed E-state index contributed by atoms with van der Waals surface area (Å²) >= 11 is 3.36. The summed E-state index contributed by atoms with van der Waals surface area (Å²) in [6, 6.07) is 10.0. The molecule has 1 heterocycles. The van der Waals surface area contributed by atoms with Crippen LogP contribution in [-0.4, -0.2) is 17.0 Å². The Morgan fingerprint density at radius 1 is 1.33 bits per heavy atom. The summed E-state index contributed by atoms with van der Waals surface area (Å²) in [5.41, 5.74) is 1.58. The van der Waals surface area contributed by atoms with Gasteiger partial charge in [-0.3, -0.25) is 10.1 Å². The van der Waals surface area contributed by atoms with Gasteiger partial charge < -0.3 is 9.15 Å². The summed E-state index contributed by atoms with van der Waals surface area (Å²) in [6.45, 7) is 0. The molecule has 0 saturated carbocycles. The van der Waals surface area contributed by atoms with E-state index in [1.54, 1.807) is 18.2 Å². The molecule has 0 N–H and O–H groups in total. The molecule has 106 valence electrons. The Bertz CT molecular complexity index is 844. The van der Waals surface area contributed by atoms with Crippen molar-refractivity contribution in [3.63, 3.8) is 0 Å². The highest BCUT2D eigenvalue weighted by molar-refractivity contribution is 9.10. The van der Waals surface area contributed by atoms with Gasteiger partial charge in [-0.1, -0.05) is 22.0 Å². The number of nitro benzene ring substituents is 1. The summed E-state index contributed by atoms with van der Waals surface area (Å²) in [4.78, 5) is 14.9. The summed E-state index contributed by atoms with van der Waals surface area (Å²) in [5.74, 6) is 0.414. The SMILES string of the molecule is COc1c(-c2nc3cc(Br)ccc3o2)cccc1[N+](=O)[O-]. The number of aromatic nitrogens is 1. The van der Waals surface area contributed by atoms with Crippen molar-refractivity contribution in [2.45, 2.75) is 0 Å². The number of halogens is 1. The zero-order chi connectivity index (χ0) is 15.0. The van der Waals surface area contributed by atoms with E-state index in [-0.39, 0.29) is 17.3 Å². The van der Waals surface area contributed by atoms with Gasteiger partial charge in [0, 0.05) is 10.5 Å². The molecule has 0 aliphatic heterocycles. The third-order valence-corrected chi connectivity index (χ3v) is 3.47. The molecular weight excluding hydrogens is 340 g/mol. The number of nitrogens with zero attached hydrogens (tertiary/aromatic N) is 2. The van der Waals surface area contributed by atoms with Gasteiger partial charge in [-0.15, -0.1) is 0 Å². The molecule has 0 atom stereocenters. The first kappa shape index (κ1) is 13.6. The second-order valence-corrected chi connectivity index (χ2v) is 5.16. The van der Waals surface area contributed by atoms with Crippen molar-refractivity contribution in [3.05, 3.63) is 51.0 Å². The van der Waals surface area contributed by atoms with Gasteiger partial charge in [-0.25, -0.2) is 4.98 Å². The zero-order valence-electron chi connectivity index (χ0n) is 10.9. The molecule has 2 aromatic carbocycles. The van der Waals surface area contributed by atoms with Gasteiger partial charge in [-0.2, -0.15) is 0 Å². The standard InChI is InChI=1S/C14H9BrN2O4/c1-20-13-9(3-2-4-11(13)17(18)19)14-16-10-7-8(15)5-6-12(10)21-14/h2-7H,1H3. The molecule has 21 heavy (non-hydrogen) atoms. The van der Waals surface area contributed by atoms with Crippen molar-refractivity contribution < 1.29 is 14.1 Å². The zero-order valence-corrected chi connectivity index (χ0v) is 12.5. The minimum Gasteiger partial charge on any atom is -0.490 e. The molecule has 0 aliphatic carbocycles. The van der Waals surface area contributed by atoms with Crippen LogP contribution < -0.4 is 4.74 Å². The number of fused-ring (bicyclic) bond motifs is 1. The quantitative estimate of drug-likeness (QED) is 0.524. The molecule has 0 amide bonds. The molecule has 3 rings (SSSR count). The van der Waals surface area contributed by atoms with Crippen LogP contribution in [0.25, 0.3) is 22.6 Å². The van der Waals surface area contributed by atoms with Crippen molar-refractivity contribution in [2.75, 3.05) is 7.11 Å². The Labute approximate surface area is 127 Å². The van der Waals surface area contributed by atoms with Crippen LogP contribution in [0, 0.1) is 10.1 Å². The largest absolute Gasteiger partial charge is 0.490 e. The molecule has 0 fully saturated rings. The number of rotatable bonds is 3. The fourth-order valence-corrected chi connectivity index (χ4v) is 2.42. The van der Waals surface area contributed by atoms with E-state index in [2.05, 4.69) is 20.9 Å². The Hall–Kier alpha value is -2.41. The minimum absolute atomic E-state index is 0.126. The molecular formula is C14H9BrN2O4. The number of hydrogen-bond donors (Lipinski definition) is 0. The van der Waals surface area contributed by atoms with Crippen molar-refractivity contribution >= 4 is 32.7 Å². The average Bonchev–Trinajstić information content (AvgIpc) is 2.88. The van der Waals surface area contributed by atoms with Crippen LogP contribution in [-0.2, 0) is 0 Å². The summed E-state index contributed by atoms with van der Waals surface area (Å²) < 4.78 is 11.7. The van der Waals surface area contributed by atoms with Crippen molar-refractivity contribution in [3.8, 4) is 17.2 Å². The normalized spacial score (nSPS) is 10.8.